The Bertz CT molecular complexity index is 302. The lowest BCUT2D eigenvalue weighted by atomic mass is 9.81. The molecule has 1 N–H and O–H groups in total. The van der Waals surface area contributed by atoms with Gasteiger partial charge in [-0.15, -0.1) is 0 Å². The molecule has 0 aromatic carbocycles. The first-order valence-corrected chi connectivity index (χ1v) is 8.73. The van der Waals surface area contributed by atoms with Crippen molar-refractivity contribution in [3.8, 4) is 0 Å². The van der Waals surface area contributed by atoms with Crippen LogP contribution in [-0.2, 0) is 4.74 Å². The van der Waals surface area contributed by atoms with Crippen LogP contribution >= 0.6 is 0 Å². The van der Waals surface area contributed by atoms with E-state index in [2.05, 4.69) is 43.1 Å². The zero-order valence-corrected chi connectivity index (χ0v) is 14.5. The second kappa shape index (κ2) is 7.91. The number of rotatable bonds is 7. The van der Waals surface area contributed by atoms with Crippen LogP contribution in [0.4, 0.5) is 0 Å². The van der Waals surface area contributed by atoms with Crippen molar-refractivity contribution in [2.24, 2.45) is 11.3 Å². The number of hydrogen-bond acceptors (Lipinski definition) is 4. The number of likely N-dealkylation sites (N-methyl/N-ethyl adjacent to an activating group) is 1. The Labute approximate surface area is 131 Å². The van der Waals surface area contributed by atoms with Crippen LogP contribution in [0, 0.1) is 11.3 Å². The van der Waals surface area contributed by atoms with E-state index in [9.17, 15) is 0 Å². The van der Waals surface area contributed by atoms with E-state index < -0.39 is 0 Å². The largest absolute Gasteiger partial charge is 0.381 e. The van der Waals surface area contributed by atoms with Crippen LogP contribution in [-0.4, -0.2) is 75.9 Å². The van der Waals surface area contributed by atoms with Gasteiger partial charge in [-0.3, -0.25) is 0 Å². The Balaban J connectivity index is 1.92. The number of hydrogen-bond donors (Lipinski definition) is 1. The van der Waals surface area contributed by atoms with Crippen molar-refractivity contribution < 1.29 is 4.74 Å². The van der Waals surface area contributed by atoms with Gasteiger partial charge < -0.3 is 19.9 Å². The van der Waals surface area contributed by atoms with Crippen LogP contribution in [0.2, 0.25) is 0 Å². The molecule has 2 rings (SSSR count). The molecule has 4 heteroatoms. The highest BCUT2D eigenvalue weighted by Crippen LogP contribution is 2.32. The quantitative estimate of drug-likeness (QED) is 0.724. The fourth-order valence-electron chi connectivity index (χ4n) is 4.08. The zero-order chi connectivity index (χ0) is 15.3. The summed E-state index contributed by atoms with van der Waals surface area (Å²) in [7, 11) is 4.43. The summed E-state index contributed by atoms with van der Waals surface area (Å²) in [6.45, 7) is 12.4. The van der Waals surface area contributed by atoms with Crippen LogP contribution in [0.3, 0.4) is 0 Å². The lowest BCUT2D eigenvalue weighted by Crippen LogP contribution is -2.49. The third kappa shape index (κ3) is 4.65. The van der Waals surface area contributed by atoms with E-state index in [1.54, 1.807) is 0 Å². The molecular formula is C17H35N3O. The van der Waals surface area contributed by atoms with Gasteiger partial charge in [0.2, 0.25) is 0 Å². The summed E-state index contributed by atoms with van der Waals surface area (Å²) in [5.74, 6) is 0.769. The maximum Gasteiger partial charge on any atom is 0.0546 e. The topological polar surface area (TPSA) is 27.7 Å². The highest BCUT2D eigenvalue weighted by molar-refractivity contribution is 4.93. The average molecular weight is 297 g/mol. The molecule has 124 valence electrons. The van der Waals surface area contributed by atoms with E-state index in [0.717, 1.165) is 32.2 Å². The molecule has 4 nitrogen and oxygen atoms in total. The maximum absolute atomic E-state index is 5.85. The fraction of sp³-hybridized carbons (Fsp3) is 1.00. The van der Waals surface area contributed by atoms with Crippen molar-refractivity contribution >= 4 is 0 Å². The molecule has 3 unspecified atom stereocenters. The Morgan fingerprint density at radius 3 is 2.71 bits per heavy atom. The summed E-state index contributed by atoms with van der Waals surface area (Å²) in [5, 5.41) is 3.65. The number of ether oxygens (including phenoxy) is 1. The smallest absolute Gasteiger partial charge is 0.0546 e. The third-order valence-corrected chi connectivity index (χ3v) is 5.20. The van der Waals surface area contributed by atoms with Gasteiger partial charge in [-0.05, 0) is 45.8 Å². The predicted octanol–water partition coefficient (Wildman–Crippen LogP) is 1.66. The summed E-state index contributed by atoms with van der Waals surface area (Å²) >= 11 is 0. The molecule has 0 amide bonds. The van der Waals surface area contributed by atoms with Crippen LogP contribution < -0.4 is 5.32 Å². The molecule has 21 heavy (non-hydrogen) atoms. The van der Waals surface area contributed by atoms with Crippen molar-refractivity contribution in [3.63, 3.8) is 0 Å². The molecule has 2 heterocycles. The lowest BCUT2D eigenvalue weighted by Gasteiger charge is -2.40. The molecule has 3 atom stereocenters. The van der Waals surface area contributed by atoms with Crippen molar-refractivity contribution in [2.45, 2.75) is 39.2 Å². The highest BCUT2D eigenvalue weighted by Gasteiger charge is 2.38. The summed E-state index contributed by atoms with van der Waals surface area (Å²) in [4.78, 5) is 5.07. The van der Waals surface area contributed by atoms with Crippen LogP contribution in [0.1, 0.15) is 33.1 Å². The van der Waals surface area contributed by atoms with Gasteiger partial charge in [0.1, 0.15) is 0 Å². The van der Waals surface area contributed by atoms with Gasteiger partial charge in [-0.25, -0.2) is 0 Å². The third-order valence-electron chi connectivity index (χ3n) is 5.20. The van der Waals surface area contributed by atoms with Crippen molar-refractivity contribution in [1.29, 1.82) is 0 Å². The molecule has 0 radical (unpaired) electrons. The molecule has 0 bridgehead atoms. The summed E-state index contributed by atoms with van der Waals surface area (Å²) in [6, 6.07) is 0.704. The summed E-state index contributed by atoms with van der Waals surface area (Å²) < 4.78 is 5.85. The van der Waals surface area contributed by atoms with E-state index in [0.29, 0.717) is 11.5 Å². The SMILES string of the molecule is CCCNCC1(CN2CC(C)C(N(C)C)C2)CCCOC1. The maximum atomic E-state index is 5.85. The number of nitrogens with one attached hydrogen (secondary N) is 1. The fourth-order valence-corrected chi connectivity index (χ4v) is 4.08. The first-order chi connectivity index (χ1) is 10.1. The minimum absolute atomic E-state index is 0.328. The van der Waals surface area contributed by atoms with Gasteiger partial charge in [-0.1, -0.05) is 13.8 Å². The number of likely N-dealkylation sites (tertiary alicyclic amines) is 1. The summed E-state index contributed by atoms with van der Waals surface area (Å²) in [6.07, 6.45) is 3.73. The van der Waals surface area contributed by atoms with E-state index in [1.807, 2.05) is 0 Å². The summed E-state index contributed by atoms with van der Waals surface area (Å²) in [5.41, 5.74) is 0.328. The van der Waals surface area contributed by atoms with Crippen LogP contribution in [0.5, 0.6) is 0 Å². The molecule has 0 spiro atoms. The standard InChI is InChI=1S/C17H35N3O/c1-5-8-18-12-17(7-6-9-21-14-17)13-20-10-15(2)16(11-20)19(3)4/h15-16,18H,5-14H2,1-4H3. The highest BCUT2D eigenvalue weighted by atomic mass is 16.5. The molecule has 2 aliphatic heterocycles. The minimum atomic E-state index is 0.328. The number of nitrogens with zero attached hydrogens (tertiary/aromatic N) is 2. The van der Waals surface area contributed by atoms with Crippen molar-refractivity contribution in [1.82, 2.24) is 15.1 Å². The van der Waals surface area contributed by atoms with E-state index in [1.165, 1.54) is 38.9 Å². The second-order valence-corrected chi connectivity index (χ2v) is 7.54. The molecule has 0 aliphatic carbocycles. The molecule has 2 fully saturated rings. The average Bonchev–Trinajstić information content (AvgIpc) is 2.81. The van der Waals surface area contributed by atoms with Crippen LogP contribution in [0.15, 0.2) is 0 Å². The lowest BCUT2D eigenvalue weighted by molar-refractivity contribution is -0.0237. The molecule has 2 aliphatic rings. The molecule has 0 aromatic heterocycles. The van der Waals surface area contributed by atoms with Crippen molar-refractivity contribution in [2.75, 3.05) is 60.0 Å². The second-order valence-electron chi connectivity index (χ2n) is 7.54. The molecule has 2 saturated heterocycles. The Morgan fingerprint density at radius 1 is 1.33 bits per heavy atom. The zero-order valence-electron chi connectivity index (χ0n) is 14.5. The monoisotopic (exact) mass is 297 g/mol. The van der Waals surface area contributed by atoms with Gasteiger partial charge in [-0.2, -0.15) is 0 Å². The first-order valence-electron chi connectivity index (χ1n) is 8.73. The predicted molar refractivity (Wildman–Crippen MR) is 88.7 cm³/mol. The van der Waals surface area contributed by atoms with Gasteiger partial charge >= 0.3 is 0 Å². The Hall–Kier alpha value is -0.160. The first kappa shape index (κ1) is 17.2. The van der Waals surface area contributed by atoms with Gasteiger partial charge in [0, 0.05) is 44.2 Å². The van der Waals surface area contributed by atoms with E-state index >= 15 is 0 Å². The van der Waals surface area contributed by atoms with Gasteiger partial charge in [0.15, 0.2) is 0 Å². The Kier molecular flexibility index (Phi) is 6.48. The molecular weight excluding hydrogens is 262 g/mol. The normalized spacial score (nSPS) is 34.7. The van der Waals surface area contributed by atoms with Gasteiger partial charge in [0.25, 0.3) is 0 Å². The van der Waals surface area contributed by atoms with Crippen molar-refractivity contribution in [3.05, 3.63) is 0 Å². The van der Waals surface area contributed by atoms with E-state index in [4.69, 9.17) is 4.74 Å². The molecule has 0 saturated carbocycles. The minimum Gasteiger partial charge on any atom is -0.381 e. The Morgan fingerprint density at radius 2 is 2.14 bits per heavy atom. The van der Waals surface area contributed by atoms with E-state index in [-0.39, 0.29) is 0 Å². The van der Waals surface area contributed by atoms with Gasteiger partial charge in [0.05, 0.1) is 6.61 Å². The molecule has 0 aromatic rings. The van der Waals surface area contributed by atoms with Crippen LogP contribution in [0.25, 0.3) is 0 Å².